The average molecular weight is 780 g/mol. The van der Waals surface area contributed by atoms with Gasteiger partial charge in [0.2, 0.25) is 0 Å². The molecule has 6 heteroatoms. The Morgan fingerprint density at radius 1 is 0.400 bits per heavy atom. The molecule has 0 atom stereocenters. The topological polar surface area (TPSA) is 73.9 Å². The first kappa shape index (κ1) is 53.9. The molecular formula is C49H97NO5. The van der Waals surface area contributed by atoms with Gasteiger partial charge in [0.15, 0.2) is 0 Å². The van der Waals surface area contributed by atoms with Gasteiger partial charge in [-0.3, -0.25) is 9.59 Å². The molecule has 0 rings (SSSR count). The molecule has 0 unspecified atom stereocenters. The number of ether oxygens (including phenoxy) is 3. The summed E-state index contributed by atoms with van der Waals surface area (Å²) in [5, 5.41) is 3.42. The van der Waals surface area contributed by atoms with Crippen LogP contribution in [0.3, 0.4) is 0 Å². The van der Waals surface area contributed by atoms with Gasteiger partial charge in [-0.25, -0.2) is 0 Å². The Hall–Kier alpha value is -1.14. The van der Waals surface area contributed by atoms with Crippen LogP contribution in [-0.4, -0.2) is 51.0 Å². The molecule has 0 fully saturated rings. The summed E-state index contributed by atoms with van der Waals surface area (Å²) in [4.78, 5) is 24.5. The number of hydrogen-bond donors (Lipinski definition) is 1. The van der Waals surface area contributed by atoms with Crippen molar-refractivity contribution in [2.45, 2.75) is 259 Å². The Bertz CT molecular complexity index is 719. The van der Waals surface area contributed by atoms with Crippen molar-refractivity contribution >= 4 is 11.9 Å². The molecule has 0 saturated heterocycles. The van der Waals surface area contributed by atoms with Crippen LogP contribution in [0.15, 0.2) is 0 Å². The smallest absolute Gasteiger partial charge is 0.305 e. The van der Waals surface area contributed by atoms with E-state index in [1.54, 1.807) is 0 Å². The number of carbonyl (C=O) groups excluding carboxylic acids is 2. The number of carbonyl (C=O) groups is 2. The van der Waals surface area contributed by atoms with Gasteiger partial charge in [-0.15, -0.1) is 0 Å². The van der Waals surface area contributed by atoms with E-state index in [0.717, 1.165) is 76.5 Å². The van der Waals surface area contributed by atoms with E-state index in [-0.39, 0.29) is 11.9 Å². The van der Waals surface area contributed by atoms with E-state index in [4.69, 9.17) is 14.2 Å². The van der Waals surface area contributed by atoms with Crippen LogP contribution in [0.2, 0.25) is 0 Å². The van der Waals surface area contributed by atoms with E-state index >= 15 is 0 Å². The van der Waals surface area contributed by atoms with Crippen molar-refractivity contribution in [3.8, 4) is 0 Å². The maximum absolute atomic E-state index is 12.2. The lowest BCUT2D eigenvalue weighted by Gasteiger charge is -2.18. The Morgan fingerprint density at radius 2 is 0.782 bits per heavy atom. The van der Waals surface area contributed by atoms with E-state index in [1.807, 2.05) is 0 Å². The molecule has 0 aromatic heterocycles. The molecule has 6 nitrogen and oxygen atoms in total. The van der Waals surface area contributed by atoms with Gasteiger partial charge in [0.1, 0.15) is 0 Å². The highest BCUT2D eigenvalue weighted by Gasteiger charge is 2.12. The summed E-state index contributed by atoms with van der Waals surface area (Å²) in [6.07, 6.45) is 40.4. The molecular weight excluding hydrogens is 683 g/mol. The summed E-state index contributed by atoms with van der Waals surface area (Å²) in [6.45, 7) is 15.4. The van der Waals surface area contributed by atoms with Crippen LogP contribution in [0, 0.1) is 11.8 Å². The number of esters is 2. The lowest BCUT2D eigenvalue weighted by molar-refractivity contribution is -0.145. The molecule has 0 heterocycles. The second kappa shape index (κ2) is 44.0. The third-order valence-corrected chi connectivity index (χ3v) is 11.6. The van der Waals surface area contributed by atoms with Crippen molar-refractivity contribution < 1.29 is 23.8 Å². The largest absolute Gasteiger partial charge is 0.466 e. The zero-order valence-electron chi connectivity index (χ0n) is 37.9. The monoisotopic (exact) mass is 780 g/mol. The zero-order valence-corrected chi connectivity index (χ0v) is 37.9. The number of rotatable bonds is 45. The van der Waals surface area contributed by atoms with Crippen LogP contribution in [0.4, 0.5) is 0 Å². The van der Waals surface area contributed by atoms with E-state index in [2.05, 4.69) is 39.9 Å². The van der Waals surface area contributed by atoms with Gasteiger partial charge in [-0.2, -0.15) is 0 Å². The standard InChI is InChI=1S/C49H97NO5/c1-6-11-31-45(32-12-7-2)39-43-54-48(51)37-27-23-19-15-17-21-25-35-47(53-42-30-29-41-50-10-5)36-26-22-18-16-20-24-28-38-49(52)55-44-40-46(33-13-8-3)34-14-9-4/h45-47,50H,6-44H2,1-5H3. The second-order valence-electron chi connectivity index (χ2n) is 16.9. The Balaban J connectivity index is 4.05. The maximum Gasteiger partial charge on any atom is 0.305 e. The van der Waals surface area contributed by atoms with Gasteiger partial charge in [0.25, 0.3) is 0 Å². The van der Waals surface area contributed by atoms with Crippen molar-refractivity contribution in [3.05, 3.63) is 0 Å². The van der Waals surface area contributed by atoms with E-state index in [9.17, 15) is 9.59 Å². The van der Waals surface area contributed by atoms with Crippen molar-refractivity contribution in [1.29, 1.82) is 0 Å². The molecule has 0 aromatic carbocycles. The highest BCUT2D eigenvalue weighted by molar-refractivity contribution is 5.69. The zero-order chi connectivity index (χ0) is 40.3. The van der Waals surface area contributed by atoms with Gasteiger partial charge in [-0.1, -0.05) is 189 Å². The van der Waals surface area contributed by atoms with Crippen LogP contribution < -0.4 is 5.32 Å². The van der Waals surface area contributed by atoms with E-state index in [0.29, 0.717) is 32.2 Å². The maximum atomic E-state index is 12.2. The molecule has 55 heavy (non-hydrogen) atoms. The van der Waals surface area contributed by atoms with Gasteiger partial charge >= 0.3 is 11.9 Å². The summed E-state index contributed by atoms with van der Waals surface area (Å²) in [7, 11) is 0. The summed E-state index contributed by atoms with van der Waals surface area (Å²) in [5.41, 5.74) is 0. The minimum atomic E-state index is 0.00516. The quantitative estimate of drug-likeness (QED) is 0.0490. The molecule has 0 aliphatic carbocycles. The highest BCUT2D eigenvalue weighted by atomic mass is 16.5. The van der Waals surface area contributed by atoms with Crippen molar-refractivity contribution in [2.75, 3.05) is 32.9 Å². The lowest BCUT2D eigenvalue weighted by Crippen LogP contribution is -2.17. The Morgan fingerprint density at radius 3 is 1.16 bits per heavy atom. The van der Waals surface area contributed by atoms with Crippen molar-refractivity contribution in [2.24, 2.45) is 11.8 Å². The molecule has 1 N–H and O–H groups in total. The van der Waals surface area contributed by atoms with Crippen molar-refractivity contribution in [3.63, 3.8) is 0 Å². The average Bonchev–Trinajstić information content (AvgIpc) is 3.19. The Kier molecular flexibility index (Phi) is 43.1. The Labute approximate surface area is 343 Å². The van der Waals surface area contributed by atoms with Gasteiger partial charge in [0, 0.05) is 19.4 Å². The molecule has 0 aromatic rings. The SMILES string of the molecule is CCCCC(CCCC)CCOC(=O)CCCCCCCCCC(CCCCCCCCCC(=O)OCCC(CCCC)CCCC)OCCCCNCC. The number of unbranched alkanes of at least 4 members (excludes halogenated alkanes) is 17. The second-order valence-corrected chi connectivity index (χ2v) is 16.9. The highest BCUT2D eigenvalue weighted by Crippen LogP contribution is 2.22. The first-order valence-electron chi connectivity index (χ1n) is 24.6. The molecule has 0 amide bonds. The number of hydrogen-bond acceptors (Lipinski definition) is 6. The van der Waals surface area contributed by atoms with Crippen LogP contribution in [0.5, 0.6) is 0 Å². The summed E-state index contributed by atoms with van der Waals surface area (Å²) in [6, 6.07) is 0. The van der Waals surface area contributed by atoms with E-state index in [1.165, 1.54) is 161 Å². The fourth-order valence-electron chi connectivity index (χ4n) is 7.80. The summed E-state index contributed by atoms with van der Waals surface area (Å²) >= 11 is 0. The van der Waals surface area contributed by atoms with Gasteiger partial charge in [0.05, 0.1) is 19.3 Å². The molecule has 0 radical (unpaired) electrons. The molecule has 0 aliphatic heterocycles. The normalized spacial score (nSPS) is 11.7. The van der Waals surface area contributed by atoms with Crippen LogP contribution in [-0.2, 0) is 23.8 Å². The fourth-order valence-corrected chi connectivity index (χ4v) is 7.80. The predicted octanol–water partition coefficient (Wildman–Crippen LogP) is 14.6. The first-order valence-corrected chi connectivity index (χ1v) is 24.6. The third-order valence-electron chi connectivity index (χ3n) is 11.6. The van der Waals surface area contributed by atoms with Crippen LogP contribution in [0.1, 0.15) is 253 Å². The lowest BCUT2D eigenvalue weighted by atomic mass is 9.93. The van der Waals surface area contributed by atoms with E-state index < -0.39 is 0 Å². The minimum Gasteiger partial charge on any atom is -0.466 e. The van der Waals surface area contributed by atoms with Gasteiger partial charge in [-0.05, 0) is 76.3 Å². The van der Waals surface area contributed by atoms with Crippen LogP contribution >= 0.6 is 0 Å². The molecule has 0 aliphatic rings. The van der Waals surface area contributed by atoms with Crippen LogP contribution in [0.25, 0.3) is 0 Å². The molecule has 328 valence electrons. The predicted molar refractivity (Wildman–Crippen MR) is 237 cm³/mol. The third kappa shape index (κ3) is 39.5. The molecule has 0 saturated carbocycles. The van der Waals surface area contributed by atoms with Gasteiger partial charge < -0.3 is 19.5 Å². The fraction of sp³-hybridized carbons (Fsp3) is 0.959. The summed E-state index contributed by atoms with van der Waals surface area (Å²) < 4.78 is 17.6. The summed E-state index contributed by atoms with van der Waals surface area (Å²) in [5.74, 6) is 1.45. The minimum absolute atomic E-state index is 0.00516. The van der Waals surface area contributed by atoms with Crippen molar-refractivity contribution in [1.82, 2.24) is 5.32 Å². The molecule has 0 spiro atoms. The molecule has 0 bridgehead atoms. The first-order chi connectivity index (χ1) is 27.0. The number of nitrogens with one attached hydrogen (secondary N) is 1.